The van der Waals surface area contributed by atoms with Crippen molar-refractivity contribution >= 4 is 23.5 Å². The highest BCUT2D eigenvalue weighted by Crippen LogP contribution is 2.36. The van der Waals surface area contributed by atoms with Crippen LogP contribution in [0.15, 0.2) is 54.6 Å². The lowest BCUT2D eigenvalue weighted by atomic mass is 9.73. The van der Waals surface area contributed by atoms with Crippen LogP contribution in [0.25, 0.3) is 0 Å². The maximum absolute atomic E-state index is 12.6. The number of amides is 1. The maximum atomic E-state index is 12.6. The summed E-state index contributed by atoms with van der Waals surface area (Å²) in [4.78, 5) is 37.2. The molecule has 1 saturated heterocycles. The SMILES string of the molecule is CC(C)(C(=O)OOc1ccccc1)C1CCN(C(=O)c2ccc(Cl)cc2)CC1. The molecule has 1 heterocycles. The Morgan fingerprint density at radius 2 is 1.61 bits per heavy atom. The number of carbonyl (C=O) groups is 2. The molecule has 148 valence electrons. The number of piperidine rings is 1. The highest BCUT2D eigenvalue weighted by atomic mass is 35.5. The molecule has 0 radical (unpaired) electrons. The number of nitrogens with zero attached hydrogens (tertiary/aromatic N) is 1. The molecule has 6 heteroatoms. The van der Waals surface area contributed by atoms with Crippen LogP contribution < -0.4 is 4.89 Å². The van der Waals surface area contributed by atoms with Crippen LogP contribution in [0.1, 0.15) is 37.0 Å². The summed E-state index contributed by atoms with van der Waals surface area (Å²) in [6, 6.07) is 15.8. The van der Waals surface area contributed by atoms with Gasteiger partial charge in [0.25, 0.3) is 5.91 Å². The standard InChI is InChI=1S/C22H24ClNO4/c1-22(2,21(26)28-27-19-6-4-3-5-7-19)17-12-14-24(15-13-17)20(25)16-8-10-18(23)11-9-16/h3-11,17H,12-15H2,1-2H3. The van der Waals surface area contributed by atoms with Crippen molar-refractivity contribution in [2.75, 3.05) is 13.1 Å². The minimum absolute atomic E-state index is 0.0112. The number of hydrogen-bond acceptors (Lipinski definition) is 4. The van der Waals surface area contributed by atoms with Crippen LogP contribution in [0.3, 0.4) is 0 Å². The van der Waals surface area contributed by atoms with Gasteiger partial charge in [0.05, 0.1) is 5.41 Å². The van der Waals surface area contributed by atoms with Gasteiger partial charge in [-0.3, -0.25) is 9.68 Å². The van der Waals surface area contributed by atoms with E-state index in [4.69, 9.17) is 21.4 Å². The monoisotopic (exact) mass is 401 g/mol. The molecule has 0 aromatic heterocycles. The minimum Gasteiger partial charge on any atom is -0.339 e. The predicted molar refractivity (Wildman–Crippen MR) is 107 cm³/mol. The summed E-state index contributed by atoms with van der Waals surface area (Å²) >= 11 is 5.89. The normalized spacial score (nSPS) is 15.2. The van der Waals surface area contributed by atoms with Crippen LogP contribution in [0.5, 0.6) is 5.75 Å². The molecule has 1 fully saturated rings. The topological polar surface area (TPSA) is 55.8 Å². The summed E-state index contributed by atoms with van der Waals surface area (Å²) in [5.41, 5.74) is -0.0812. The first-order valence-corrected chi connectivity index (χ1v) is 9.74. The molecule has 5 nitrogen and oxygen atoms in total. The van der Waals surface area contributed by atoms with Crippen molar-refractivity contribution in [1.82, 2.24) is 4.90 Å². The van der Waals surface area contributed by atoms with Gasteiger partial charge in [-0.25, -0.2) is 9.68 Å². The van der Waals surface area contributed by atoms with Crippen LogP contribution in [-0.2, 0) is 9.68 Å². The highest BCUT2D eigenvalue weighted by molar-refractivity contribution is 6.30. The molecule has 0 spiro atoms. The van der Waals surface area contributed by atoms with Crippen LogP contribution in [0.2, 0.25) is 5.02 Å². The molecule has 0 aliphatic carbocycles. The first kappa shape index (κ1) is 20.2. The van der Waals surface area contributed by atoms with Crippen molar-refractivity contribution in [3.05, 3.63) is 65.2 Å². The van der Waals surface area contributed by atoms with Gasteiger partial charge >= 0.3 is 5.97 Å². The Hall–Kier alpha value is -2.53. The second-order valence-electron chi connectivity index (χ2n) is 7.56. The third-order valence-electron chi connectivity index (χ3n) is 5.38. The van der Waals surface area contributed by atoms with E-state index < -0.39 is 11.4 Å². The number of likely N-dealkylation sites (tertiary alicyclic amines) is 1. The second kappa shape index (κ2) is 8.65. The molecule has 0 atom stereocenters. The largest absolute Gasteiger partial charge is 0.361 e. The van der Waals surface area contributed by atoms with E-state index in [1.807, 2.05) is 36.9 Å². The Labute approximate surface area is 170 Å². The molecule has 0 saturated carbocycles. The summed E-state index contributed by atoms with van der Waals surface area (Å²) < 4.78 is 0. The third kappa shape index (κ3) is 4.65. The Balaban J connectivity index is 1.54. The van der Waals surface area contributed by atoms with E-state index >= 15 is 0 Å². The van der Waals surface area contributed by atoms with Gasteiger partial charge in [-0.15, -0.1) is 0 Å². The zero-order chi connectivity index (χ0) is 20.1. The van der Waals surface area contributed by atoms with Crippen molar-refractivity contribution in [2.24, 2.45) is 11.3 Å². The Morgan fingerprint density at radius 3 is 2.21 bits per heavy atom. The Bertz CT molecular complexity index is 812. The van der Waals surface area contributed by atoms with Crippen LogP contribution in [-0.4, -0.2) is 29.9 Å². The summed E-state index contributed by atoms with van der Waals surface area (Å²) in [5, 5.41) is 0.605. The van der Waals surface area contributed by atoms with Gasteiger partial charge in [-0.1, -0.05) is 29.8 Å². The van der Waals surface area contributed by atoms with E-state index in [0.717, 1.165) is 12.8 Å². The van der Waals surface area contributed by atoms with E-state index in [1.165, 1.54) is 0 Å². The van der Waals surface area contributed by atoms with Crippen molar-refractivity contribution < 1.29 is 19.4 Å². The quantitative estimate of drug-likeness (QED) is 0.535. The molecule has 3 rings (SSSR count). The first-order valence-electron chi connectivity index (χ1n) is 9.37. The molecule has 2 aromatic rings. The van der Waals surface area contributed by atoms with Gasteiger partial charge < -0.3 is 4.90 Å². The average molecular weight is 402 g/mol. The predicted octanol–water partition coefficient (Wildman–Crippen LogP) is 4.76. The molecule has 0 bridgehead atoms. The number of carbonyl (C=O) groups excluding carboxylic acids is 2. The van der Waals surface area contributed by atoms with E-state index in [1.54, 1.807) is 36.4 Å². The summed E-state index contributed by atoms with van der Waals surface area (Å²) in [6.07, 6.45) is 1.46. The number of rotatable bonds is 5. The molecule has 0 N–H and O–H groups in total. The van der Waals surface area contributed by atoms with Crippen molar-refractivity contribution in [3.63, 3.8) is 0 Å². The van der Waals surface area contributed by atoms with Gasteiger partial charge in [0.15, 0.2) is 5.75 Å². The molecule has 1 amide bonds. The fourth-order valence-corrected chi connectivity index (χ4v) is 3.54. The fraction of sp³-hybridized carbons (Fsp3) is 0.364. The summed E-state index contributed by atoms with van der Waals surface area (Å²) in [7, 11) is 0. The fourth-order valence-electron chi connectivity index (χ4n) is 3.42. The zero-order valence-electron chi connectivity index (χ0n) is 16.1. The summed E-state index contributed by atoms with van der Waals surface area (Å²) in [6.45, 7) is 4.93. The van der Waals surface area contributed by atoms with Crippen LogP contribution >= 0.6 is 11.6 Å². The first-order chi connectivity index (χ1) is 13.4. The van der Waals surface area contributed by atoms with Crippen LogP contribution in [0, 0.1) is 11.3 Å². The molecule has 28 heavy (non-hydrogen) atoms. The number of hydrogen-bond donors (Lipinski definition) is 0. The van der Waals surface area contributed by atoms with Gasteiger partial charge in [-0.2, -0.15) is 0 Å². The Morgan fingerprint density at radius 1 is 1.00 bits per heavy atom. The van der Waals surface area contributed by atoms with Gasteiger partial charge in [0.2, 0.25) is 0 Å². The van der Waals surface area contributed by atoms with Gasteiger partial charge in [0.1, 0.15) is 0 Å². The van der Waals surface area contributed by atoms with E-state index in [-0.39, 0.29) is 11.8 Å². The van der Waals surface area contributed by atoms with Crippen molar-refractivity contribution in [1.29, 1.82) is 0 Å². The molecule has 2 aromatic carbocycles. The summed E-state index contributed by atoms with van der Waals surface area (Å²) in [5.74, 6) is 0.172. The third-order valence-corrected chi connectivity index (χ3v) is 5.63. The number of para-hydroxylation sites is 1. The molecule has 1 aliphatic heterocycles. The minimum atomic E-state index is -0.704. The van der Waals surface area contributed by atoms with Crippen molar-refractivity contribution in [2.45, 2.75) is 26.7 Å². The highest BCUT2D eigenvalue weighted by Gasteiger charge is 2.41. The lowest BCUT2D eigenvalue weighted by Gasteiger charge is -2.38. The smallest absolute Gasteiger partial charge is 0.339 e. The maximum Gasteiger partial charge on any atom is 0.361 e. The molecular formula is C22H24ClNO4. The molecule has 0 unspecified atom stereocenters. The van der Waals surface area contributed by atoms with Gasteiger partial charge in [0, 0.05) is 23.7 Å². The number of benzene rings is 2. The molecule has 1 aliphatic rings. The zero-order valence-corrected chi connectivity index (χ0v) is 16.8. The molecular weight excluding hydrogens is 378 g/mol. The van der Waals surface area contributed by atoms with E-state index in [9.17, 15) is 9.59 Å². The lowest BCUT2D eigenvalue weighted by Crippen LogP contribution is -2.45. The van der Waals surface area contributed by atoms with E-state index in [0.29, 0.717) is 29.4 Å². The van der Waals surface area contributed by atoms with E-state index in [2.05, 4.69) is 0 Å². The van der Waals surface area contributed by atoms with Crippen molar-refractivity contribution in [3.8, 4) is 5.75 Å². The second-order valence-corrected chi connectivity index (χ2v) is 8.00. The average Bonchev–Trinajstić information content (AvgIpc) is 2.73. The van der Waals surface area contributed by atoms with Crippen LogP contribution in [0.4, 0.5) is 0 Å². The Kier molecular flexibility index (Phi) is 6.25. The number of halogens is 1. The van der Waals surface area contributed by atoms with Gasteiger partial charge in [-0.05, 0) is 69.0 Å². The lowest BCUT2D eigenvalue weighted by molar-refractivity contribution is -0.227.